The Morgan fingerprint density at radius 3 is 2.53 bits per heavy atom. The first-order valence-corrected chi connectivity index (χ1v) is 12.0. The molecule has 0 fully saturated rings. The number of hydrogen-bond donors (Lipinski definition) is 2. The van der Waals surface area contributed by atoms with E-state index >= 15 is 0 Å². The van der Waals surface area contributed by atoms with Crippen LogP contribution in [0.2, 0.25) is 15.1 Å². The third-order valence-corrected chi connectivity index (χ3v) is 5.77. The number of pyridine rings is 1. The molecule has 0 aliphatic rings. The maximum absolute atomic E-state index is 13.5. The SMILES string of the molecule is CC(C)NC(=O)c1cc(Cl)cc(Cl)c1NC(=O)c1cc(Cn2nnnc2C(F)F)nn1-c1ncccc1Cl. The molecule has 0 unspecified atom stereocenters. The van der Waals surface area contributed by atoms with E-state index in [1.807, 2.05) is 0 Å². The lowest BCUT2D eigenvalue weighted by Crippen LogP contribution is -2.31. The largest absolute Gasteiger partial charge is 0.350 e. The smallest absolute Gasteiger partial charge is 0.298 e. The minimum Gasteiger partial charge on any atom is -0.350 e. The first-order valence-electron chi connectivity index (χ1n) is 10.9. The molecule has 4 rings (SSSR count). The van der Waals surface area contributed by atoms with Crippen LogP contribution < -0.4 is 10.6 Å². The van der Waals surface area contributed by atoms with Crippen molar-refractivity contribution in [2.45, 2.75) is 32.9 Å². The van der Waals surface area contributed by atoms with Crippen molar-refractivity contribution in [3.8, 4) is 5.82 Å². The highest BCUT2D eigenvalue weighted by molar-refractivity contribution is 6.38. The highest BCUT2D eigenvalue weighted by Gasteiger charge is 2.25. The molecule has 4 aromatic rings. The summed E-state index contributed by atoms with van der Waals surface area (Å²) >= 11 is 18.7. The van der Waals surface area contributed by atoms with Gasteiger partial charge in [-0.2, -0.15) is 5.10 Å². The zero-order valence-electron chi connectivity index (χ0n) is 19.7. The second-order valence-electron chi connectivity index (χ2n) is 8.13. The highest BCUT2D eigenvalue weighted by atomic mass is 35.5. The summed E-state index contributed by atoms with van der Waals surface area (Å²) in [6, 6.07) is 6.97. The van der Waals surface area contributed by atoms with Crippen LogP contribution in [0.1, 0.15) is 52.6 Å². The summed E-state index contributed by atoms with van der Waals surface area (Å²) in [6.45, 7) is 3.25. The molecule has 38 heavy (non-hydrogen) atoms. The van der Waals surface area contributed by atoms with Crippen molar-refractivity contribution in [3.63, 3.8) is 0 Å². The number of nitrogens with zero attached hydrogens (tertiary/aromatic N) is 7. The van der Waals surface area contributed by atoms with Crippen LogP contribution in [0, 0.1) is 0 Å². The van der Waals surface area contributed by atoms with Gasteiger partial charge in [-0.05, 0) is 54.6 Å². The van der Waals surface area contributed by atoms with Gasteiger partial charge in [0.2, 0.25) is 5.82 Å². The van der Waals surface area contributed by atoms with E-state index in [1.165, 1.54) is 30.5 Å². The number of benzene rings is 1. The molecule has 0 bridgehead atoms. The van der Waals surface area contributed by atoms with Crippen LogP contribution in [0.4, 0.5) is 14.5 Å². The van der Waals surface area contributed by atoms with Gasteiger partial charge in [-0.25, -0.2) is 23.1 Å². The predicted octanol–water partition coefficient (Wildman–Crippen LogP) is 4.59. The Balaban J connectivity index is 1.76. The standard InChI is InChI=1S/C22H18Cl3F2N9O2/c1-10(2)29-21(37)13-6-11(23)7-15(25)17(13)30-22(38)16-8-12(9-35-20(18(26)27)31-33-34-35)32-36(16)19-14(24)4-3-5-28-19/h3-8,10,18H,9H2,1-2H3,(H,29,37)(H,30,38). The van der Waals surface area contributed by atoms with Crippen molar-refractivity contribution in [2.75, 3.05) is 5.32 Å². The van der Waals surface area contributed by atoms with Gasteiger partial charge >= 0.3 is 0 Å². The Labute approximate surface area is 229 Å². The van der Waals surface area contributed by atoms with Gasteiger partial charge in [-0.3, -0.25) is 9.59 Å². The lowest BCUT2D eigenvalue weighted by Gasteiger charge is -2.15. The number of tetrazole rings is 1. The molecule has 0 saturated heterocycles. The minimum atomic E-state index is -2.93. The average Bonchev–Trinajstić information content (AvgIpc) is 3.48. The topological polar surface area (TPSA) is 133 Å². The van der Waals surface area contributed by atoms with Gasteiger partial charge in [-0.15, -0.1) is 5.10 Å². The number of halogens is 5. The number of anilines is 1. The quantitative estimate of drug-likeness (QED) is 0.310. The molecule has 3 aromatic heterocycles. The fourth-order valence-electron chi connectivity index (χ4n) is 3.39. The van der Waals surface area contributed by atoms with E-state index in [0.717, 1.165) is 9.36 Å². The van der Waals surface area contributed by atoms with Crippen LogP contribution in [0.3, 0.4) is 0 Å². The minimum absolute atomic E-state index is 0.00102. The molecular formula is C22H18Cl3F2N9O2. The molecule has 3 heterocycles. The molecule has 198 valence electrons. The van der Waals surface area contributed by atoms with E-state index in [9.17, 15) is 18.4 Å². The molecule has 0 saturated carbocycles. The molecule has 16 heteroatoms. The van der Waals surface area contributed by atoms with E-state index in [-0.39, 0.29) is 56.1 Å². The van der Waals surface area contributed by atoms with Crippen molar-refractivity contribution in [1.82, 2.24) is 40.3 Å². The lowest BCUT2D eigenvalue weighted by atomic mass is 10.1. The maximum Gasteiger partial charge on any atom is 0.298 e. The molecule has 0 spiro atoms. The van der Waals surface area contributed by atoms with Gasteiger partial charge in [0.15, 0.2) is 5.82 Å². The van der Waals surface area contributed by atoms with Gasteiger partial charge in [0, 0.05) is 17.3 Å². The van der Waals surface area contributed by atoms with Crippen LogP contribution in [0.5, 0.6) is 0 Å². The second kappa shape index (κ2) is 11.4. The summed E-state index contributed by atoms with van der Waals surface area (Å²) in [5.74, 6) is -1.84. The fraction of sp³-hybridized carbons (Fsp3) is 0.227. The van der Waals surface area contributed by atoms with Crippen LogP contribution in [0.15, 0.2) is 36.5 Å². The summed E-state index contributed by atoms with van der Waals surface area (Å²) in [6.07, 6.45) is -1.49. The average molecular weight is 585 g/mol. The zero-order chi connectivity index (χ0) is 27.6. The number of amides is 2. The lowest BCUT2D eigenvalue weighted by molar-refractivity contribution is 0.0944. The first-order chi connectivity index (χ1) is 18.0. The van der Waals surface area contributed by atoms with E-state index in [4.69, 9.17) is 34.8 Å². The van der Waals surface area contributed by atoms with E-state index in [0.29, 0.717) is 0 Å². The Morgan fingerprint density at radius 2 is 1.84 bits per heavy atom. The Hall–Kier alpha value is -3.68. The van der Waals surface area contributed by atoms with Crippen LogP contribution in [0.25, 0.3) is 5.82 Å². The third kappa shape index (κ3) is 5.90. The van der Waals surface area contributed by atoms with Crippen molar-refractivity contribution >= 4 is 52.3 Å². The number of carbonyl (C=O) groups excluding carboxylic acids is 2. The predicted molar refractivity (Wildman–Crippen MR) is 135 cm³/mol. The number of rotatable bonds is 8. The Morgan fingerprint density at radius 1 is 1.08 bits per heavy atom. The number of alkyl halides is 2. The molecular weight excluding hydrogens is 567 g/mol. The summed E-state index contributed by atoms with van der Waals surface area (Å²) in [7, 11) is 0. The van der Waals surface area contributed by atoms with Crippen molar-refractivity contribution in [3.05, 3.63) is 74.4 Å². The fourth-order valence-corrected chi connectivity index (χ4v) is 4.14. The monoisotopic (exact) mass is 583 g/mol. The molecule has 0 aliphatic heterocycles. The molecule has 0 aliphatic carbocycles. The molecule has 11 nitrogen and oxygen atoms in total. The normalized spacial score (nSPS) is 11.3. The van der Waals surface area contributed by atoms with Crippen LogP contribution in [-0.2, 0) is 6.54 Å². The zero-order valence-corrected chi connectivity index (χ0v) is 21.9. The number of aromatic nitrogens is 7. The molecule has 0 radical (unpaired) electrons. The molecule has 0 atom stereocenters. The number of carbonyl (C=O) groups is 2. The Bertz CT molecular complexity index is 1510. The summed E-state index contributed by atoms with van der Waals surface area (Å²) < 4.78 is 28.5. The van der Waals surface area contributed by atoms with Gasteiger partial charge in [-0.1, -0.05) is 34.8 Å². The van der Waals surface area contributed by atoms with Crippen LogP contribution in [-0.4, -0.2) is 52.8 Å². The summed E-state index contributed by atoms with van der Waals surface area (Å²) in [5, 5.41) is 20.2. The maximum atomic E-state index is 13.5. The van der Waals surface area contributed by atoms with E-state index in [1.54, 1.807) is 19.9 Å². The van der Waals surface area contributed by atoms with Crippen molar-refractivity contribution < 1.29 is 18.4 Å². The van der Waals surface area contributed by atoms with E-state index < -0.39 is 24.1 Å². The molecule has 2 N–H and O–H groups in total. The Kier molecular flexibility index (Phi) is 8.19. The second-order valence-corrected chi connectivity index (χ2v) is 9.38. The number of hydrogen-bond acceptors (Lipinski definition) is 7. The summed E-state index contributed by atoms with van der Waals surface area (Å²) in [4.78, 5) is 30.5. The van der Waals surface area contributed by atoms with Gasteiger partial charge in [0.1, 0.15) is 5.69 Å². The number of nitrogens with one attached hydrogen (secondary N) is 2. The molecule has 1 aromatic carbocycles. The third-order valence-electron chi connectivity index (χ3n) is 4.96. The summed E-state index contributed by atoms with van der Waals surface area (Å²) in [5.41, 5.74) is 0.0858. The van der Waals surface area contributed by atoms with E-state index in [2.05, 4.69) is 36.2 Å². The van der Waals surface area contributed by atoms with Crippen molar-refractivity contribution in [1.29, 1.82) is 0 Å². The van der Waals surface area contributed by atoms with Crippen molar-refractivity contribution in [2.24, 2.45) is 0 Å². The van der Waals surface area contributed by atoms with Gasteiger partial charge in [0.05, 0.1) is 33.5 Å². The first kappa shape index (κ1) is 27.4. The van der Waals surface area contributed by atoms with Gasteiger partial charge in [0.25, 0.3) is 18.2 Å². The highest BCUT2D eigenvalue weighted by Crippen LogP contribution is 2.31. The van der Waals surface area contributed by atoms with Crippen LogP contribution >= 0.6 is 34.8 Å². The van der Waals surface area contributed by atoms with Gasteiger partial charge < -0.3 is 10.6 Å². The molecule has 2 amide bonds.